The van der Waals surface area contributed by atoms with Crippen molar-refractivity contribution in [3.05, 3.63) is 29.3 Å². The number of hydrazine groups is 1. The highest BCUT2D eigenvalue weighted by Crippen LogP contribution is 2.34. The average molecular weight is 379 g/mol. The lowest BCUT2D eigenvalue weighted by atomic mass is 9.89. The molecular formula is C18H25N3O4S. The van der Waals surface area contributed by atoms with Crippen LogP contribution in [0.15, 0.2) is 18.2 Å². The summed E-state index contributed by atoms with van der Waals surface area (Å²) in [6, 6.07) is 4.75. The molecule has 2 aliphatic rings. The van der Waals surface area contributed by atoms with E-state index in [1.165, 1.54) is 10.6 Å². The molecule has 1 heterocycles. The van der Waals surface area contributed by atoms with Crippen LogP contribution in [-0.4, -0.2) is 32.5 Å². The first kappa shape index (κ1) is 18.7. The van der Waals surface area contributed by atoms with Gasteiger partial charge in [-0.2, -0.15) is 0 Å². The first-order valence-corrected chi connectivity index (χ1v) is 10.8. The Labute approximate surface area is 154 Å². The van der Waals surface area contributed by atoms with Gasteiger partial charge in [0, 0.05) is 17.5 Å². The predicted molar refractivity (Wildman–Crippen MR) is 99.1 cm³/mol. The fraction of sp³-hybridized carbons (Fsp3) is 0.556. The molecule has 1 aliphatic heterocycles. The second kappa shape index (κ2) is 7.26. The number of carbonyl (C=O) groups is 2. The Hall–Kier alpha value is -2.09. The van der Waals surface area contributed by atoms with Crippen molar-refractivity contribution in [1.29, 1.82) is 0 Å². The third-order valence-electron chi connectivity index (χ3n) is 5.13. The van der Waals surface area contributed by atoms with Crippen LogP contribution >= 0.6 is 0 Å². The van der Waals surface area contributed by atoms with E-state index in [0.717, 1.165) is 37.7 Å². The molecule has 1 aromatic rings. The summed E-state index contributed by atoms with van der Waals surface area (Å²) in [5.74, 6) is -0.577. The van der Waals surface area contributed by atoms with Crippen molar-refractivity contribution in [2.45, 2.75) is 51.5 Å². The van der Waals surface area contributed by atoms with Gasteiger partial charge in [-0.25, -0.2) is 8.42 Å². The van der Waals surface area contributed by atoms with Gasteiger partial charge in [-0.05, 0) is 49.9 Å². The summed E-state index contributed by atoms with van der Waals surface area (Å²) in [6.07, 6.45) is 6.71. The zero-order valence-corrected chi connectivity index (χ0v) is 15.9. The van der Waals surface area contributed by atoms with Crippen LogP contribution in [0.25, 0.3) is 0 Å². The van der Waals surface area contributed by atoms with Crippen LogP contribution in [-0.2, 0) is 21.2 Å². The summed E-state index contributed by atoms with van der Waals surface area (Å²) >= 11 is 0. The summed E-state index contributed by atoms with van der Waals surface area (Å²) in [5, 5.41) is 0. The third kappa shape index (κ3) is 3.85. The van der Waals surface area contributed by atoms with E-state index in [0.29, 0.717) is 17.7 Å². The molecule has 1 fully saturated rings. The van der Waals surface area contributed by atoms with Crippen molar-refractivity contribution >= 4 is 27.5 Å². The molecule has 7 nitrogen and oxygen atoms in total. The summed E-state index contributed by atoms with van der Waals surface area (Å²) in [4.78, 5) is 24.5. The van der Waals surface area contributed by atoms with E-state index >= 15 is 0 Å². The fourth-order valence-corrected chi connectivity index (χ4v) is 5.17. The maximum absolute atomic E-state index is 12.3. The highest BCUT2D eigenvalue weighted by molar-refractivity contribution is 7.92. The van der Waals surface area contributed by atoms with Crippen LogP contribution in [0.1, 0.15) is 54.9 Å². The van der Waals surface area contributed by atoms with Crippen LogP contribution in [0.3, 0.4) is 0 Å². The minimum absolute atomic E-state index is 0.0340. The van der Waals surface area contributed by atoms with Gasteiger partial charge in [-0.3, -0.25) is 24.7 Å². The summed E-state index contributed by atoms with van der Waals surface area (Å²) in [7, 11) is -3.36. The zero-order chi connectivity index (χ0) is 18.9. The van der Waals surface area contributed by atoms with Crippen molar-refractivity contribution in [1.82, 2.24) is 10.9 Å². The molecule has 1 aromatic carbocycles. The fourth-order valence-electron chi connectivity index (χ4n) is 3.91. The van der Waals surface area contributed by atoms with Crippen molar-refractivity contribution in [2.24, 2.45) is 5.92 Å². The molecule has 0 saturated heterocycles. The van der Waals surface area contributed by atoms with Crippen molar-refractivity contribution < 1.29 is 18.0 Å². The normalized spacial score (nSPS) is 20.5. The summed E-state index contributed by atoms with van der Waals surface area (Å²) in [6.45, 7) is 1.84. The Kier molecular flexibility index (Phi) is 5.22. The van der Waals surface area contributed by atoms with Crippen LogP contribution in [0.4, 0.5) is 5.69 Å². The first-order valence-electron chi connectivity index (χ1n) is 9.00. The lowest BCUT2D eigenvalue weighted by Gasteiger charge is -2.22. The lowest BCUT2D eigenvalue weighted by molar-refractivity contribution is -0.126. The molecule has 0 aromatic heterocycles. The molecule has 1 atom stereocenters. The molecule has 8 heteroatoms. The Bertz CT molecular complexity index is 816. The minimum Gasteiger partial charge on any atom is -0.273 e. The van der Waals surface area contributed by atoms with Crippen LogP contribution < -0.4 is 15.2 Å². The van der Waals surface area contributed by atoms with E-state index in [4.69, 9.17) is 0 Å². The van der Waals surface area contributed by atoms with Gasteiger partial charge >= 0.3 is 0 Å². The van der Waals surface area contributed by atoms with Crippen LogP contribution in [0.2, 0.25) is 0 Å². The number of carbonyl (C=O) groups excluding carboxylic acids is 2. The van der Waals surface area contributed by atoms with Gasteiger partial charge in [0.15, 0.2) is 0 Å². The maximum Gasteiger partial charge on any atom is 0.269 e. The van der Waals surface area contributed by atoms with Crippen LogP contribution in [0.5, 0.6) is 0 Å². The molecule has 26 heavy (non-hydrogen) atoms. The summed E-state index contributed by atoms with van der Waals surface area (Å²) < 4.78 is 25.3. The number of hydrogen-bond donors (Lipinski definition) is 2. The Morgan fingerprint density at radius 2 is 1.81 bits per heavy atom. The minimum atomic E-state index is -3.36. The van der Waals surface area contributed by atoms with Gasteiger partial charge in [-0.15, -0.1) is 0 Å². The Morgan fingerprint density at radius 3 is 2.46 bits per heavy atom. The molecule has 0 spiro atoms. The van der Waals surface area contributed by atoms with E-state index in [1.807, 2.05) is 6.92 Å². The molecule has 2 N–H and O–H groups in total. The Balaban J connectivity index is 1.66. The van der Waals surface area contributed by atoms with E-state index in [-0.39, 0.29) is 17.9 Å². The molecule has 142 valence electrons. The van der Waals surface area contributed by atoms with Gasteiger partial charge in [0.2, 0.25) is 15.9 Å². The van der Waals surface area contributed by atoms with E-state index in [1.54, 1.807) is 18.2 Å². The topological polar surface area (TPSA) is 95.6 Å². The zero-order valence-electron chi connectivity index (χ0n) is 15.1. The number of sulfonamides is 1. The number of nitrogens with zero attached hydrogens (tertiary/aromatic N) is 1. The molecule has 2 amide bonds. The molecule has 0 radical (unpaired) electrons. The quantitative estimate of drug-likeness (QED) is 0.782. The smallest absolute Gasteiger partial charge is 0.269 e. The maximum atomic E-state index is 12.3. The number of amides is 2. The van der Waals surface area contributed by atoms with Gasteiger partial charge in [0.05, 0.1) is 11.9 Å². The summed E-state index contributed by atoms with van der Waals surface area (Å²) in [5.41, 5.74) is 6.81. The van der Waals surface area contributed by atoms with E-state index in [2.05, 4.69) is 10.9 Å². The van der Waals surface area contributed by atoms with Gasteiger partial charge in [0.1, 0.15) is 0 Å². The number of hydrogen-bond acceptors (Lipinski definition) is 4. The van der Waals surface area contributed by atoms with Crippen LogP contribution in [0, 0.1) is 5.92 Å². The van der Waals surface area contributed by atoms with Crippen molar-refractivity contribution in [3.8, 4) is 0 Å². The standard InChI is InChI=1S/C18H25N3O4S/c1-12-10-15-11-14(8-9-16(15)21(12)26(2,24)25)18(23)20-19-17(22)13-6-4-3-5-7-13/h8-9,11-13H,3-7,10H2,1-2H3,(H,19,22)(H,20,23)/t12-/m1/s1. The molecule has 0 unspecified atom stereocenters. The largest absolute Gasteiger partial charge is 0.273 e. The van der Waals surface area contributed by atoms with Gasteiger partial charge < -0.3 is 0 Å². The average Bonchev–Trinajstić information content (AvgIpc) is 2.95. The number of fused-ring (bicyclic) bond motifs is 1. The van der Waals surface area contributed by atoms with E-state index < -0.39 is 15.9 Å². The molecule has 1 aliphatic carbocycles. The van der Waals surface area contributed by atoms with E-state index in [9.17, 15) is 18.0 Å². The molecule has 1 saturated carbocycles. The van der Waals surface area contributed by atoms with Crippen molar-refractivity contribution in [2.75, 3.05) is 10.6 Å². The highest BCUT2D eigenvalue weighted by atomic mass is 32.2. The first-order chi connectivity index (χ1) is 12.3. The second-order valence-corrected chi connectivity index (χ2v) is 9.09. The third-order valence-corrected chi connectivity index (χ3v) is 6.40. The lowest BCUT2D eigenvalue weighted by Crippen LogP contribution is -2.45. The number of nitrogens with one attached hydrogen (secondary N) is 2. The number of anilines is 1. The SMILES string of the molecule is C[C@@H]1Cc2cc(C(=O)NNC(=O)C3CCCCC3)ccc2N1S(C)(=O)=O. The predicted octanol–water partition coefficient (Wildman–Crippen LogP) is 1.74. The molecule has 3 rings (SSSR count). The molecule has 0 bridgehead atoms. The molecular weight excluding hydrogens is 354 g/mol. The Morgan fingerprint density at radius 1 is 1.12 bits per heavy atom. The number of rotatable bonds is 3. The van der Waals surface area contributed by atoms with Gasteiger partial charge in [0.25, 0.3) is 5.91 Å². The monoisotopic (exact) mass is 379 g/mol. The van der Waals surface area contributed by atoms with Crippen molar-refractivity contribution in [3.63, 3.8) is 0 Å². The second-order valence-electron chi connectivity index (χ2n) is 7.23. The highest BCUT2D eigenvalue weighted by Gasteiger charge is 2.32. The van der Waals surface area contributed by atoms with Gasteiger partial charge in [-0.1, -0.05) is 19.3 Å². The number of benzene rings is 1.